The number of hydrogen-bond donors (Lipinski definition) is 0. The molecule has 0 saturated carbocycles. The number of rotatable bonds is 8. The Bertz CT molecular complexity index is 581. The fraction of sp³-hybridized carbons (Fsp3) is 0.562. The molecule has 0 fully saturated rings. The first-order valence-corrected chi connectivity index (χ1v) is 7.96. The summed E-state index contributed by atoms with van der Waals surface area (Å²) in [6.45, 7) is 8.82. The van der Waals surface area contributed by atoms with E-state index >= 15 is 0 Å². The van der Waals surface area contributed by atoms with Crippen LogP contribution in [0.1, 0.15) is 38.4 Å². The third-order valence-corrected chi connectivity index (χ3v) is 3.45. The van der Waals surface area contributed by atoms with E-state index in [4.69, 9.17) is 26.1 Å². The number of fused-ring (bicyclic) bond motifs is 1. The molecule has 1 unspecified atom stereocenters. The molecule has 1 heterocycles. The van der Waals surface area contributed by atoms with Crippen LogP contribution >= 0.6 is 11.6 Å². The summed E-state index contributed by atoms with van der Waals surface area (Å²) >= 11 is 6.28. The van der Waals surface area contributed by atoms with Gasteiger partial charge in [0, 0.05) is 13.2 Å². The van der Waals surface area contributed by atoms with Crippen LogP contribution in [0, 0.1) is 0 Å². The van der Waals surface area contributed by atoms with Crippen LogP contribution in [0.25, 0.3) is 11.0 Å². The molecule has 1 aromatic heterocycles. The highest BCUT2D eigenvalue weighted by atomic mass is 35.5. The number of aromatic nitrogens is 2. The van der Waals surface area contributed by atoms with E-state index in [2.05, 4.69) is 17.6 Å². The van der Waals surface area contributed by atoms with Crippen LogP contribution in [0.3, 0.4) is 0 Å². The van der Waals surface area contributed by atoms with Crippen molar-refractivity contribution in [2.24, 2.45) is 0 Å². The Balaban J connectivity index is 2.41. The van der Waals surface area contributed by atoms with E-state index in [-0.39, 0.29) is 5.38 Å². The van der Waals surface area contributed by atoms with Gasteiger partial charge in [0.25, 0.3) is 0 Å². The van der Waals surface area contributed by atoms with Gasteiger partial charge in [-0.1, -0.05) is 13.0 Å². The van der Waals surface area contributed by atoms with E-state index in [1.807, 2.05) is 26.0 Å². The number of nitrogens with zero attached hydrogens (tertiary/aromatic N) is 2. The highest BCUT2D eigenvalue weighted by molar-refractivity contribution is 6.20. The van der Waals surface area contributed by atoms with Gasteiger partial charge in [-0.2, -0.15) is 0 Å². The SMILES string of the molecule is CCCOc1cccc2c1nc(C(C)Cl)n2CCOCC. The molecule has 116 valence electrons. The summed E-state index contributed by atoms with van der Waals surface area (Å²) in [5, 5.41) is -0.155. The maximum atomic E-state index is 6.28. The summed E-state index contributed by atoms with van der Waals surface area (Å²) in [6.07, 6.45) is 0.972. The van der Waals surface area contributed by atoms with E-state index in [0.29, 0.717) is 19.8 Å². The van der Waals surface area contributed by atoms with E-state index in [9.17, 15) is 0 Å². The first-order valence-electron chi connectivity index (χ1n) is 7.52. The van der Waals surface area contributed by atoms with Gasteiger partial charge in [-0.3, -0.25) is 0 Å². The third-order valence-electron chi connectivity index (χ3n) is 3.25. The lowest BCUT2D eigenvalue weighted by Crippen LogP contribution is -2.09. The lowest BCUT2D eigenvalue weighted by molar-refractivity contribution is 0.139. The van der Waals surface area contributed by atoms with Crippen molar-refractivity contribution in [1.82, 2.24) is 9.55 Å². The van der Waals surface area contributed by atoms with Crippen molar-refractivity contribution in [1.29, 1.82) is 0 Å². The standard InChI is InChI=1S/C16H23ClN2O2/c1-4-10-21-14-8-6-7-13-15(14)18-16(12(3)17)19(13)9-11-20-5-2/h6-8,12H,4-5,9-11H2,1-3H3. The summed E-state index contributed by atoms with van der Waals surface area (Å²) in [4.78, 5) is 4.69. The van der Waals surface area contributed by atoms with Crippen molar-refractivity contribution < 1.29 is 9.47 Å². The number of imidazole rings is 1. The predicted octanol–water partition coefficient (Wildman–Crippen LogP) is 4.16. The molecule has 2 rings (SSSR count). The van der Waals surface area contributed by atoms with E-state index < -0.39 is 0 Å². The molecular weight excluding hydrogens is 288 g/mol. The third kappa shape index (κ3) is 3.69. The molecule has 5 heteroatoms. The molecule has 21 heavy (non-hydrogen) atoms. The molecule has 0 N–H and O–H groups in total. The zero-order valence-corrected chi connectivity index (χ0v) is 13.7. The normalized spacial score (nSPS) is 12.8. The summed E-state index contributed by atoms with van der Waals surface area (Å²) in [6, 6.07) is 6.01. The van der Waals surface area contributed by atoms with Gasteiger partial charge >= 0.3 is 0 Å². The van der Waals surface area contributed by atoms with Crippen LogP contribution in [0.2, 0.25) is 0 Å². The van der Waals surface area contributed by atoms with Gasteiger partial charge in [0.15, 0.2) is 0 Å². The largest absolute Gasteiger partial charge is 0.491 e. The lowest BCUT2D eigenvalue weighted by Gasteiger charge is -2.10. The van der Waals surface area contributed by atoms with Crippen molar-refractivity contribution in [2.75, 3.05) is 19.8 Å². The van der Waals surface area contributed by atoms with Crippen molar-refractivity contribution in [3.05, 3.63) is 24.0 Å². The van der Waals surface area contributed by atoms with Crippen molar-refractivity contribution in [3.8, 4) is 5.75 Å². The fourth-order valence-electron chi connectivity index (χ4n) is 2.31. The molecule has 0 aliphatic rings. The molecular formula is C16H23ClN2O2. The maximum Gasteiger partial charge on any atom is 0.147 e. The van der Waals surface area contributed by atoms with Crippen LogP contribution in [-0.4, -0.2) is 29.4 Å². The Labute approximate surface area is 131 Å². The number of benzene rings is 1. The number of alkyl halides is 1. The van der Waals surface area contributed by atoms with Gasteiger partial charge in [0.05, 0.1) is 24.1 Å². The van der Waals surface area contributed by atoms with Crippen LogP contribution < -0.4 is 4.74 Å². The Morgan fingerprint density at radius 3 is 2.76 bits per heavy atom. The Morgan fingerprint density at radius 1 is 1.29 bits per heavy atom. The topological polar surface area (TPSA) is 36.3 Å². The smallest absolute Gasteiger partial charge is 0.147 e. The molecule has 0 aliphatic carbocycles. The van der Waals surface area contributed by atoms with Gasteiger partial charge in [-0.15, -0.1) is 11.6 Å². The molecule has 4 nitrogen and oxygen atoms in total. The van der Waals surface area contributed by atoms with E-state index in [0.717, 1.165) is 35.6 Å². The van der Waals surface area contributed by atoms with Crippen molar-refractivity contribution in [3.63, 3.8) is 0 Å². The Kier molecular flexibility index (Phi) is 5.88. The quantitative estimate of drug-likeness (QED) is 0.542. The minimum absolute atomic E-state index is 0.155. The summed E-state index contributed by atoms with van der Waals surface area (Å²) in [5.41, 5.74) is 1.93. The van der Waals surface area contributed by atoms with Gasteiger partial charge in [0.2, 0.25) is 0 Å². The molecule has 0 saturated heterocycles. The van der Waals surface area contributed by atoms with Crippen molar-refractivity contribution in [2.45, 2.75) is 39.1 Å². The number of hydrogen-bond acceptors (Lipinski definition) is 3. The van der Waals surface area contributed by atoms with Gasteiger partial charge in [-0.25, -0.2) is 4.98 Å². The number of para-hydroxylation sites is 1. The van der Waals surface area contributed by atoms with Gasteiger partial charge in [-0.05, 0) is 32.4 Å². The summed E-state index contributed by atoms with van der Waals surface area (Å²) in [5.74, 6) is 1.68. The molecule has 0 aliphatic heterocycles. The Hall–Kier alpha value is -1.26. The van der Waals surface area contributed by atoms with Crippen LogP contribution in [0.15, 0.2) is 18.2 Å². The maximum absolute atomic E-state index is 6.28. The number of halogens is 1. The van der Waals surface area contributed by atoms with Crippen LogP contribution in [0.4, 0.5) is 0 Å². The second kappa shape index (κ2) is 7.66. The average molecular weight is 311 g/mol. The first-order chi connectivity index (χ1) is 10.2. The molecule has 0 amide bonds. The van der Waals surface area contributed by atoms with Crippen LogP contribution in [0.5, 0.6) is 5.75 Å². The fourth-order valence-corrected chi connectivity index (χ4v) is 2.47. The predicted molar refractivity (Wildman–Crippen MR) is 86.3 cm³/mol. The zero-order chi connectivity index (χ0) is 15.2. The van der Waals surface area contributed by atoms with Crippen LogP contribution in [-0.2, 0) is 11.3 Å². The zero-order valence-electron chi connectivity index (χ0n) is 12.9. The monoisotopic (exact) mass is 310 g/mol. The average Bonchev–Trinajstić information content (AvgIpc) is 2.85. The van der Waals surface area contributed by atoms with Gasteiger partial charge in [0.1, 0.15) is 17.1 Å². The second-order valence-corrected chi connectivity index (χ2v) is 5.56. The Morgan fingerprint density at radius 2 is 2.10 bits per heavy atom. The minimum Gasteiger partial charge on any atom is -0.491 e. The minimum atomic E-state index is -0.155. The van der Waals surface area contributed by atoms with Gasteiger partial charge < -0.3 is 14.0 Å². The highest BCUT2D eigenvalue weighted by Crippen LogP contribution is 2.30. The molecule has 0 spiro atoms. The summed E-state index contributed by atoms with van der Waals surface area (Å²) in [7, 11) is 0. The highest BCUT2D eigenvalue weighted by Gasteiger charge is 2.17. The first kappa shape index (κ1) is 16.1. The molecule has 0 radical (unpaired) electrons. The molecule has 2 aromatic rings. The van der Waals surface area contributed by atoms with E-state index in [1.54, 1.807) is 0 Å². The molecule has 0 bridgehead atoms. The lowest BCUT2D eigenvalue weighted by atomic mass is 10.3. The second-order valence-electron chi connectivity index (χ2n) is 4.91. The van der Waals surface area contributed by atoms with E-state index in [1.165, 1.54) is 0 Å². The number of ether oxygens (including phenoxy) is 2. The van der Waals surface area contributed by atoms with Crippen molar-refractivity contribution >= 4 is 22.6 Å². The molecule has 1 atom stereocenters. The summed E-state index contributed by atoms with van der Waals surface area (Å²) < 4.78 is 13.4. The molecule has 1 aromatic carbocycles.